The van der Waals surface area contributed by atoms with Gasteiger partial charge in [-0.15, -0.1) is 0 Å². The molecular weight excluding hydrogens is 276 g/mol. The second kappa shape index (κ2) is 6.64. The molecule has 0 saturated heterocycles. The topological polar surface area (TPSA) is 76.4 Å². The van der Waals surface area contributed by atoms with E-state index in [0.717, 1.165) is 30.0 Å². The fourth-order valence-electron chi connectivity index (χ4n) is 2.90. The van der Waals surface area contributed by atoms with Gasteiger partial charge in [-0.2, -0.15) is 0 Å². The molecule has 1 aliphatic carbocycles. The van der Waals surface area contributed by atoms with Gasteiger partial charge in [-0.25, -0.2) is 0 Å². The van der Waals surface area contributed by atoms with E-state index in [9.17, 15) is 0 Å². The maximum absolute atomic E-state index is 6.00. The Kier molecular flexibility index (Phi) is 4.42. The van der Waals surface area contributed by atoms with Gasteiger partial charge in [0.15, 0.2) is 5.96 Å². The first-order chi connectivity index (χ1) is 10.7. The van der Waals surface area contributed by atoms with Gasteiger partial charge in [0, 0.05) is 24.7 Å². The second-order valence-electron chi connectivity index (χ2n) is 5.73. The van der Waals surface area contributed by atoms with E-state index < -0.39 is 0 Å². The third-order valence-electron chi connectivity index (χ3n) is 3.98. The van der Waals surface area contributed by atoms with Crippen molar-refractivity contribution < 1.29 is 4.52 Å². The Hall–Kier alpha value is -2.30. The van der Waals surface area contributed by atoms with Crippen molar-refractivity contribution in [3.8, 4) is 0 Å². The first-order valence-corrected chi connectivity index (χ1v) is 7.82. The molecule has 116 valence electrons. The summed E-state index contributed by atoms with van der Waals surface area (Å²) in [5, 5.41) is 7.10. The Morgan fingerprint density at radius 1 is 1.36 bits per heavy atom. The minimum atomic E-state index is 0.454. The summed E-state index contributed by atoms with van der Waals surface area (Å²) in [6.07, 6.45) is 5.50. The quantitative estimate of drug-likeness (QED) is 0.672. The smallest absolute Gasteiger partial charge is 0.193 e. The molecule has 0 bridgehead atoms. The summed E-state index contributed by atoms with van der Waals surface area (Å²) in [5.74, 6) is 1.29. The van der Waals surface area contributed by atoms with Crippen molar-refractivity contribution in [2.75, 3.05) is 11.9 Å². The monoisotopic (exact) mass is 298 g/mol. The van der Waals surface area contributed by atoms with Gasteiger partial charge in [0.2, 0.25) is 0 Å². The molecule has 22 heavy (non-hydrogen) atoms. The van der Waals surface area contributed by atoms with Crippen LogP contribution in [0.5, 0.6) is 0 Å². The molecule has 0 atom stereocenters. The lowest BCUT2D eigenvalue weighted by atomic mass is 9.90. The number of aliphatic imine (C=N–C) groups is 1. The van der Waals surface area contributed by atoms with Crippen molar-refractivity contribution in [3.63, 3.8) is 0 Å². The fraction of sp³-hybridized carbons (Fsp3) is 0.412. The number of fused-ring (bicyclic) bond motifs is 1. The summed E-state index contributed by atoms with van der Waals surface area (Å²) in [5.41, 5.74) is 10.8. The number of nitrogens with zero attached hydrogens (tertiary/aromatic N) is 2. The molecule has 0 spiro atoms. The molecule has 0 aliphatic heterocycles. The van der Waals surface area contributed by atoms with E-state index in [1.165, 1.54) is 24.0 Å². The molecular formula is C17H22N4O. The number of hydrogen-bond donors (Lipinski definition) is 2. The standard InChI is InChI=1S/C17H22N4O/c1-12-11-14(22-21-12)9-10-19-17(18)20-16-8-4-6-13-5-2-3-7-15(13)16/h4,6,8,11H,2-3,5,7,9-10H2,1H3,(H3,18,19,20). The largest absolute Gasteiger partial charge is 0.370 e. The van der Waals surface area contributed by atoms with Crippen LogP contribution in [0, 0.1) is 6.92 Å². The van der Waals surface area contributed by atoms with Crippen molar-refractivity contribution in [2.45, 2.75) is 39.0 Å². The average molecular weight is 298 g/mol. The molecule has 0 saturated carbocycles. The summed E-state index contributed by atoms with van der Waals surface area (Å²) in [7, 11) is 0. The van der Waals surface area contributed by atoms with E-state index in [1.807, 2.05) is 13.0 Å². The highest BCUT2D eigenvalue weighted by Crippen LogP contribution is 2.27. The van der Waals surface area contributed by atoms with Gasteiger partial charge in [-0.3, -0.25) is 4.99 Å². The normalized spacial score (nSPS) is 14.7. The first-order valence-electron chi connectivity index (χ1n) is 7.82. The summed E-state index contributed by atoms with van der Waals surface area (Å²) in [4.78, 5) is 4.37. The van der Waals surface area contributed by atoms with Crippen LogP contribution in [0.4, 0.5) is 5.69 Å². The number of aryl methyl sites for hydroxylation is 2. The molecule has 0 unspecified atom stereocenters. The molecule has 0 fully saturated rings. The molecule has 0 amide bonds. The summed E-state index contributed by atoms with van der Waals surface area (Å²) >= 11 is 0. The first kappa shape index (κ1) is 14.6. The van der Waals surface area contributed by atoms with Crippen LogP contribution in [0.25, 0.3) is 0 Å². The van der Waals surface area contributed by atoms with Crippen LogP contribution in [0.3, 0.4) is 0 Å². The molecule has 1 heterocycles. The molecule has 1 aromatic carbocycles. The lowest BCUT2D eigenvalue weighted by molar-refractivity contribution is 0.381. The number of aromatic nitrogens is 1. The van der Waals surface area contributed by atoms with Crippen LogP contribution in [-0.4, -0.2) is 17.7 Å². The third kappa shape index (κ3) is 3.47. The Labute approximate surface area is 130 Å². The van der Waals surface area contributed by atoms with Gasteiger partial charge in [0.25, 0.3) is 0 Å². The average Bonchev–Trinajstić information content (AvgIpc) is 2.93. The molecule has 3 N–H and O–H groups in total. The number of guanidine groups is 1. The predicted molar refractivity (Wildman–Crippen MR) is 88.1 cm³/mol. The van der Waals surface area contributed by atoms with Gasteiger partial charge >= 0.3 is 0 Å². The van der Waals surface area contributed by atoms with Crippen molar-refractivity contribution >= 4 is 11.6 Å². The second-order valence-corrected chi connectivity index (χ2v) is 5.73. The van der Waals surface area contributed by atoms with E-state index in [4.69, 9.17) is 10.3 Å². The predicted octanol–water partition coefficient (Wildman–Crippen LogP) is 2.83. The highest BCUT2D eigenvalue weighted by molar-refractivity contribution is 5.93. The highest BCUT2D eigenvalue weighted by Gasteiger charge is 2.13. The number of rotatable bonds is 4. The molecule has 1 aliphatic rings. The number of hydrogen-bond acceptors (Lipinski definition) is 3. The zero-order valence-corrected chi connectivity index (χ0v) is 12.9. The van der Waals surface area contributed by atoms with Crippen LogP contribution in [0.1, 0.15) is 35.4 Å². The summed E-state index contributed by atoms with van der Waals surface area (Å²) in [6, 6.07) is 8.29. The van der Waals surface area contributed by atoms with Gasteiger partial charge in [-0.05, 0) is 49.8 Å². The Bertz CT molecular complexity index is 675. The Morgan fingerprint density at radius 3 is 3.05 bits per heavy atom. The van der Waals surface area contributed by atoms with Gasteiger partial charge in [0.1, 0.15) is 5.76 Å². The van der Waals surface area contributed by atoms with Crippen LogP contribution in [0.15, 0.2) is 33.8 Å². The number of benzene rings is 1. The van der Waals surface area contributed by atoms with E-state index in [0.29, 0.717) is 18.9 Å². The maximum atomic E-state index is 6.00. The highest BCUT2D eigenvalue weighted by atomic mass is 16.5. The summed E-state index contributed by atoms with van der Waals surface area (Å²) < 4.78 is 5.16. The lowest BCUT2D eigenvalue weighted by Crippen LogP contribution is -2.24. The van der Waals surface area contributed by atoms with Crippen molar-refractivity contribution in [1.29, 1.82) is 0 Å². The van der Waals surface area contributed by atoms with Gasteiger partial charge in [-0.1, -0.05) is 17.3 Å². The van der Waals surface area contributed by atoms with E-state index in [1.54, 1.807) is 0 Å². The fourth-order valence-corrected chi connectivity index (χ4v) is 2.90. The number of nitrogens with two attached hydrogens (primary N) is 1. The van der Waals surface area contributed by atoms with E-state index in [2.05, 4.69) is 33.7 Å². The van der Waals surface area contributed by atoms with Crippen LogP contribution < -0.4 is 11.1 Å². The number of nitrogens with one attached hydrogen (secondary N) is 1. The zero-order valence-electron chi connectivity index (χ0n) is 12.9. The van der Waals surface area contributed by atoms with Crippen LogP contribution in [0.2, 0.25) is 0 Å². The van der Waals surface area contributed by atoms with Gasteiger partial charge < -0.3 is 15.6 Å². The van der Waals surface area contributed by atoms with Crippen molar-refractivity contribution in [3.05, 3.63) is 46.8 Å². The summed E-state index contributed by atoms with van der Waals surface area (Å²) in [6.45, 7) is 2.49. The maximum Gasteiger partial charge on any atom is 0.193 e. The third-order valence-corrected chi connectivity index (χ3v) is 3.98. The number of anilines is 1. The molecule has 3 rings (SSSR count). The molecule has 0 radical (unpaired) electrons. The zero-order chi connectivity index (χ0) is 15.4. The van der Waals surface area contributed by atoms with E-state index in [-0.39, 0.29) is 0 Å². The van der Waals surface area contributed by atoms with Crippen molar-refractivity contribution in [1.82, 2.24) is 5.16 Å². The lowest BCUT2D eigenvalue weighted by Gasteiger charge is -2.19. The minimum absolute atomic E-state index is 0.454. The molecule has 5 heteroatoms. The Balaban J connectivity index is 1.61. The SMILES string of the molecule is Cc1cc(CCN=C(N)Nc2cccc3c2CCCC3)on1. The van der Waals surface area contributed by atoms with Crippen LogP contribution >= 0.6 is 0 Å². The molecule has 1 aromatic heterocycles. The Morgan fingerprint density at radius 2 is 2.23 bits per heavy atom. The van der Waals surface area contributed by atoms with E-state index >= 15 is 0 Å². The minimum Gasteiger partial charge on any atom is -0.370 e. The van der Waals surface area contributed by atoms with Gasteiger partial charge in [0.05, 0.1) is 5.69 Å². The molecule has 2 aromatic rings. The van der Waals surface area contributed by atoms with Crippen molar-refractivity contribution in [2.24, 2.45) is 10.7 Å². The van der Waals surface area contributed by atoms with Crippen LogP contribution in [-0.2, 0) is 19.3 Å². The molecule has 5 nitrogen and oxygen atoms in total.